The SMILES string of the molecule is CC[N+]1(C2CCCN(c3c(C)cccc3C)C2=O)CCCCC1.Cc1ccccc1. The highest BCUT2D eigenvalue weighted by Crippen LogP contribution is 2.33. The van der Waals surface area contributed by atoms with E-state index in [1.807, 2.05) is 18.2 Å². The summed E-state index contributed by atoms with van der Waals surface area (Å²) in [6, 6.07) is 16.8. The number of carbonyl (C=O) groups excluding carboxylic acids is 1. The summed E-state index contributed by atoms with van der Waals surface area (Å²) in [6.07, 6.45) is 6.09. The topological polar surface area (TPSA) is 20.3 Å². The summed E-state index contributed by atoms with van der Waals surface area (Å²) in [6.45, 7) is 13.0. The number of nitrogens with zero attached hydrogens (tertiary/aromatic N) is 2. The Bertz CT molecular complexity index is 804. The van der Waals surface area contributed by atoms with Crippen molar-refractivity contribution in [3.63, 3.8) is 0 Å². The zero-order valence-corrected chi connectivity index (χ0v) is 19.4. The third-order valence-corrected chi connectivity index (χ3v) is 7.06. The molecular weight excluding hydrogens is 368 g/mol. The fourth-order valence-corrected chi connectivity index (χ4v) is 5.34. The van der Waals surface area contributed by atoms with Gasteiger partial charge in [0, 0.05) is 18.7 Å². The summed E-state index contributed by atoms with van der Waals surface area (Å²) in [5, 5.41) is 0. The maximum atomic E-state index is 13.4. The van der Waals surface area contributed by atoms with Gasteiger partial charge >= 0.3 is 0 Å². The standard InChI is InChI=1S/C20H31N2O.C7H8/c1-4-22(14-6-5-7-15-22)18-12-9-13-21(20(18)23)19-16(2)10-8-11-17(19)3;1-7-5-3-2-4-6-7/h8,10-11,18H,4-7,9,12-15H2,1-3H3;2-6H,1H3/q+1;. The van der Waals surface area contributed by atoms with Gasteiger partial charge < -0.3 is 9.38 Å². The highest BCUT2D eigenvalue weighted by molar-refractivity contribution is 5.98. The number of aryl methyl sites for hydroxylation is 3. The number of benzene rings is 2. The van der Waals surface area contributed by atoms with Crippen LogP contribution >= 0.6 is 0 Å². The molecule has 0 radical (unpaired) electrons. The predicted molar refractivity (Wildman–Crippen MR) is 127 cm³/mol. The second-order valence-electron chi connectivity index (χ2n) is 9.09. The third kappa shape index (κ3) is 4.95. The van der Waals surface area contributed by atoms with Crippen LogP contribution in [0.4, 0.5) is 5.69 Å². The predicted octanol–water partition coefficient (Wildman–Crippen LogP) is 5.81. The molecule has 162 valence electrons. The maximum Gasteiger partial charge on any atom is 0.285 e. The zero-order chi connectivity index (χ0) is 21.6. The molecule has 2 aromatic carbocycles. The Balaban J connectivity index is 0.000000310. The van der Waals surface area contributed by atoms with Gasteiger partial charge in [0.2, 0.25) is 0 Å². The number of likely N-dealkylation sites (N-methyl/N-ethyl adjacent to an activating group) is 1. The second kappa shape index (κ2) is 10.3. The number of hydrogen-bond donors (Lipinski definition) is 0. The van der Waals surface area contributed by atoms with E-state index in [1.165, 1.54) is 49.0 Å². The number of likely N-dealkylation sites (tertiary alicyclic amines) is 1. The van der Waals surface area contributed by atoms with Gasteiger partial charge in [-0.2, -0.15) is 0 Å². The highest BCUT2D eigenvalue weighted by atomic mass is 16.2. The molecule has 1 unspecified atom stereocenters. The molecule has 2 aliphatic rings. The fourth-order valence-electron chi connectivity index (χ4n) is 5.34. The Morgan fingerprint density at radius 2 is 1.50 bits per heavy atom. The molecule has 2 saturated heterocycles. The first-order chi connectivity index (χ1) is 14.5. The van der Waals surface area contributed by atoms with Crippen LogP contribution in [0.15, 0.2) is 48.5 Å². The Morgan fingerprint density at radius 3 is 2.03 bits per heavy atom. The lowest BCUT2D eigenvalue weighted by molar-refractivity contribution is -0.945. The van der Waals surface area contributed by atoms with E-state index < -0.39 is 0 Å². The van der Waals surface area contributed by atoms with E-state index in [9.17, 15) is 4.79 Å². The number of anilines is 1. The van der Waals surface area contributed by atoms with E-state index in [0.717, 1.165) is 36.1 Å². The smallest absolute Gasteiger partial charge is 0.285 e. The number of piperidine rings is 2. The van der Waals surface area contributed by atoms with E-state index in [-0.39, 0.29) is 6.04 Å². The van der Waals surface area contributed by atoms with Crippen molar-refractivity contribution < 1.29 is 9.28 Å². The summed E-state index contributed by atoms with van der Waals surface area (Å²) in [4.78, 5) is 15.5. The van der Waals surface area contributed by atoms with Gasteiger partial charge in [-0.05, 0) is 64.5 Å². The summed E-state index contributed by atoms with van der Waals surface area (Å²) < 4.78 is 1.03. The van der Waals surface area contributed by atoms with Gasteiger partial charge in [-0.25, -0.2) is 0 Å². The number of rotatable bonds is 3. The van der Waals surface area contributed by atoms with Crippen molar-refractivity contribution in [3.05, 3.63) is 65.2 Å². The first-order valence-electron chi connectivity index (χ1n) is 11.7. The lowest BCUT2D eigenvalue weighted by Gasteiger charge is -2.49. The van der Waals surface area contributed by atoms with Crippen LogP contribution in [0.3, 0.4) is 0 Å². The summed E-state index contributed by atoms with van der Waals surface area (Å²) in [7, 11) is 0. The molecule has 0 aromatic heterocycles. The van der Waals surface area contributed by atoms with Crippen LogP contribution in [0, 0.1) is 20.8 Å². The quantitative estimate of drug-likeness (QED) is 0.588. The number of amides is 1. The Labute approximate surface area is 183 Å². The normalized spacial score (nSPS) is 21.0. The first-order valence-corrected chi connectivity index (χ1v) is 11.7. The number of hydrogen-bond acceptors (Lipinski definition) is 1. The van der Waals surface area contributed by atoms with Crippen molar-refractivity contribution in [2.45, 2.75) is 65.8 Å². The van der Waals surface area contributed by atoms with Crippen LogP contribution in [0.2, 0.25) is 0 Å². The van der Waals surface area contributed by atoms with Gasteiger partial charge in [-0.15, -0.1) is 0 Å². The molecule has 2 aromatic rings. The third-order valence-electron chi connectivity index (χ3n) is 7.06. The van der Waals surface area contributed by atoms with Crippen molar-refractivity contribution >= 4 is 11.6 Å². The van der Waals surface area contributed by atoms with E-state index in [2.05, 4.69) is 62.9 Å². The van der Waals surface area contributed by atoms with Crippen LogP contribution in [0.25, 0.3) is 0 Å². The maximum absolute atomic E-state index is 13.4. The fraction of sp³-hybridized carbons (Fsp3) is 0.519. The van der Waals surface area contributed by atoms with Crippen LogP contribution < -0.4 is 4.90 Å². The average Bonchev–Trinajstić information content (AvgIpc) is 2.76. The van der Waals surface area contributed by atoms with Crippen molar-refractivity contribution in [3.8, 4) is 0 Å². The summed E-state index contributed by atoms with van der Waals surface area (Å²) in [5.74, 6) is 0.373. The minimum atomic E-state index is 0.174. The Morgan fingerprint density at radius 1 is 0.867 bits per heavy atom. The molecule has 2 heterocycles. The lowest BCUT2D eigenvalue weighted by atomic mass is 9.94. The number of quaternary nitrogens is 1. The highest BCUT2D eigenvalue weighted by Gasteiger charge is 2.45. The molecule has 3 nitrogen and oxygen atoms in total. The second-order valence-corrected chi connectivity index (χ2v) is 9.09. The van der Waals surface area contributed by atoms with Crippen molar-refractivity contribution in [1.82, 2.24) is 0 Å². The lowest BCUT2D eigenvalue weighted by Crippen LogP contribution is -2.65. The molecular formula is C27H39N2O+. The molecule has 0 bridgehead atoms. The van der Waals surface area contributed by atoms with Crippen molar-refractivity contribution in [2.24, 2.45) is 0 Å². The van der Waals surface area contributed by atoms with Gasteiger partial charge in [0.1, 0.15) is 0 Å². The summed E-state index contributed by atoms with van der Waals surface area (Å²) in [5.41, 5.74) is 4.93. The number of carbonyl (C=O) groups is 1. The summed E-state index contributed by atoms with van der Waals surface area (Å²) >= 11 is 0. The van der Waals surface area contributed by atoms with Crippen molar-refractivity contribution in [1.29, 1.82) is 0 Å². The Kier molecular flexibility index (Phi) is 7.71. The van der Waals surface area contributed by atoms with Gasteiger partial charge in [-0.3, -0.25) is 4.79 Å². The minimum Gasteiger partial charge on any atom is -0.314 e. The molecule has 2 fully saturated rings. The van der Waals surface area contributed by atoms with Crippen LogP contribution in [0.5, 0.6) is 0 Å². The van der Waals surface area contributed by atoms with Crippen LogP contribution in [-0.4, -0.2) is 42.6 Å². The molecule has 0 saturated carbocycles. The molecule has 4 rings (SSSR count). The molecule has 3 heteroatoms. The molecule has 0 spiro atoms. The van der Waals surface area contributed by atoms with Gasteiger partial charge in [0.25, 0.3) is 5.91 Å². The van der Waals surface area contributed by atoms with Crippen LogP contribution in [0.1, 0.15) is 55.7 Å². The average molecular weight is 408 g/mol. The Hall–Kier alpha value is -2.13. The van der Waals surface area contributed by atoms with E-state index in [1.54, 1.807) is 0 Å². The van der Waals surface area contributed by atoms with Crippen molar-refractivity contribution in [2.75, 3.05) is 31.1 Å². The zero-order valence-electron chi connectivity index (χ0n) is 19.4. The molecule has 2 aliphatic heterocycles. The van der Waals surface area contributed by atoms with Gasteiger partial charge in [0.05, 0.1) is 19.6 Å². The van der Waals surface area contributed by atoms with Gasteiger partial charge in [-0.1, -0.05) is 54.1 Å². The number of para-hydroxylation sites is 1. The molecule has 30 heavy (non-hydrogen) atoms. The minimum absolute atomic E-state index is 0.174. The van der Waals surface area contributed by atoms with E-state index in [0.29, 0.717) is 5.91 Å². The molecule has 0 N–H and O–H groups in total. The van der Waals surface area contributed by atoms with E-state index in [4.69, 9.17) is 0 Å². The largest absolute Gasteiger partial charge is 0.314 e. The molecule has 0 aliphatic carbocycles. The monoisotopic (exact) mass is 407 g/mol. The van der Waals surface area contributed by atoms with E-state index >= 15 is 0 Å². The molecule has 1 amide bonds. The molecule has 1 atom stereocenters. The first kappa shape index (κ1) is 22.6. The van der Waals surface area contributed by atoms with Gasteiger partial charge in [0.15, 0.2) is 6.04 Å². The van der Waals surface area contributed by atoms with Crippen LogP contribution in [-0.2, 0) is 4.79 Å².